The van der Waals surface area contributed by atoms with Gasteiger partial charge >= 0.3 is 0 Å². The zero-order chi connectivity index (χ0) is 22.0. The number of amides is 1. The summed E-state index contributed by atoms with van der Waals surface area (Å²) in [6.07, 6.45) is 0. The third-order valence-electron chi connectivity index (χ3n) is 5.19. The number of nitrogens with zero attached hydrogens (tertiary/aromatic N) is 1. The van der Waals surface area contributed by atoms with Gasteiger partial charge in [0.25, 0.3) is 5.91 Å². The Morgan fingerprint density at radius 2 is 1.65 bits per heavy atom. The van der Waals surface area contributed by atoms with Crippen molar-refractivity contribution in [3.63, 3.8) is 0 Å². The number of ether oxygens (including phenoxy) is 2. The van der Waals surface area contributed by atoms with Crippen molar-refractivity contribution in [1.29, 1.82) is 0 Å². The molecule has 31 heavy (non-hydrogen) atoms. The number of hydrogen-bond acceptors (Lipinski definition) is 5. The first-order valence-electron chi connectivity index (χ1n) is 9.98. The summed E-state index contributed by atoms with van der Waals surface area (Å²) in [4.78, 5) is 17.0. The van der Waals surface area contributed by atoms with Gasteiger partial charge in [0.05, 0.1) is 7.11 Å². The van der Waals surface area contributed by atoms with Gasteiger partial charge in [0.2, 0.25) is 5.89 Å². The largest absolute Gasteiger partial charge is 0.497 e. The minimum atomic E-state index is -0.250. The van der Waals surface area contributed by atoms with Crippen LogP contribution in [0.3, 0.4) is 0 Å². The number of hydrogen-bond donors (Lipinski definition) is 1. The van der Waals surface area contributed by atoms with Crippen LogP contribution in [0.1, 0.15) is 16.7 Å². The molecule has 0 bridgehead atoms. The van der Waals surface area contributed by atoms with Gasteiger partial charge in [-0.1, -0.05) is 6.07 Å². The maximum Gasteiger partial charge on any atom is 0.262 e. The first-order chi connectivity index (χ1) is 14.9. The van der Waals surface area contributed by atoms with Crippen LogP contribution in [-0.4, -0.2) is 24.6 Å². The molecule has 0 radical (unpaired) electrons. The number of methoxy groups -OCH3 is 1. The topological polar surface area (TPSA) is 73.6 Å². The van der Waals surface area contributed by atoms with Gasteiger partial charge in [-0.05, 0) is 86.0 Å². The lowest BCUT2D eigenvalue weighted by Crippen LogP contribution is -2.20. The standard InChI is InChI=1S/C25H24N2O4/c1-15-5-6-18(25-27-22-11-16(2)17(3)12-23(22)31-25)13-21(15)26-24(28)14-30-20-9-7-19(29-4)8-10-20/h5-13H,14H2,1-4H3,(H,26,28). The molecule has 0 saturated carbocycles. The molecule has 3 aromatic carbocycles. The van der Waals surface area contributed by atoms with E-state index in [1.165, 1.54) is 5.56 Å². The van der Waals surface area contributed by atoms with Crippen LogP contribution in [0.2, 0.25) is 0 Å². The molecule has 158 valence electrons. The molecule has 0 aliphatic rings. The fraction of sp³-hybridized carbons (Fsp3) is 0.200. The molecule has 6 nitrogen and oxygen atoms in total. The monoisotopic (exact) mass is 416 g/mol. The highest BCUT2D eigenvalue weighted by atomic mass is 16.5. The number of oxazole rings is 1. The summed E-state index contributed by atoms with van der Waals surface area (Å²) in [7, 11) is 1.60. The van der Waals surface area contributed by atoms with Crippen molar-refractivity contribution in [2.75, 3.05) is 19.0 Å². The predicted octanol–water partition coefficient (Wildman–Crippen LogP) is 5.45. The third kappa shape index (κ3) is 4.53. The van der Waals surface area contributed by atoms with Crippen LogP contribution < -0.4 is 14.8 Å². The van der Waals surface area contributed by atoms with Crippen molar-refractivity contribution in [2.45, 2.75) is 20.8 Å². The Bertz CT molecular complexity index is 1200. The molecule has 1 amide bonds. The molecule has 4 aromatic rings. The Kier molecular flexibility index (Phi) is 5.62. The summed E-state index contributed by atoms with van der Waals surface area (Å²) >= 11 is 0. The van der Waals surface area contributed by atoms with Crippen LogP contribution in [-0.2, 0) is 4.79 Å². The van der Waals surface area contributed by atoms with Crippen molar-refractivity contribution >= 4 is 22.7 Å². The van der Waals surface area contributed by atoms with Crippen LogP contribution in [0, 0.1) is 20.8 Å². The van der Waals surface area contributed by atoms with Gasteiger partial charge in [0, 0.05) is 11.3 Å². The van der Waals surface area contributed by atoms with Crippen molar-refractivity contribution in [1.82, 2.24) is 4.98 Å². The van der Waals surface area contributed by atoms with E-state index in [1.807, 2.05) is 44.2 Å². The lowest BCUT2D eigenvalue weighted by Gasteiger charge is -2.11. The van der Waals surface area contributed by atoms with Crippen LogP contribution in [0.4, 0.5) is 5.69 Å². The number of carbonyl (C=O) groups excluding carboxylic acids is 1. The second-order valence-electron chi connectivity index (χ2n) is 7.47. The molecule has 0 saturated heterocycles. The zero-order valence-electron chi connectivity index (χ0n) is 18.0. The highest BCUT2D eigenvalue weighted by molar-refractivity contribution is 5.93. The summed E-state index contributed by atoms with van der Waals surface area (Å²) < 4.78 is 16.6. The number of anilines is 1. The maximum absolute atomic E-state index is 12.4. The van der Waals surface area contributed by atoms with E-state index in [-0.39, 0.29) is 12.5 Å². The molecule has 0 fully saturated rings. The molecule has 1 heterocycles. The average Bonchev–Trinajstić information content (AvgIpc) is 3.17. The molecular formula is C25H24N2O4. The van der Waals surface area contributed by atoms with Crippen molar-refractivity contribution in [3.05, 3.63) is 71.3 Å². The van der Waals surface area contributed by atoms with Crippen LogP contribution in [0.25, 0.3) is 22.6 Å². The highest BCUT2D eigenvalue weighted by Gasteiger charge is 2.13. The first kappa shape index (κ1) is 20.5. The first-order valence-corrected chi connectivity index (χ1v) is 9.98. The summed E-state index contributed by atoms with van der Waals surface area (Å²) in [5.41, 5.74) is 6.31. The van der Waals surface area contributed by atoms with Crippen molar-refractivity contribution < 1.29 is 18.7 Å². The number of fused-ring (bicyclic) bond motifs is 1. The fourth-order valence-electron chi connectivity index (χ4n) is 3.20. The number of aryl methyl sites for hydroxylation is 3. The molecule has 1 N–H and O–H groups in total. The molecule has 1 aromatic heterocycles. The maximum atomic E-state index is 12.4. The number of benzene rings is 3. The minimum absolute atomic E-state index is 0.0998. The summed E-state index contributed by atoms with van der Waals surface area (Å²) in [6, 6.07) is 16.8. The van der Waals surface area contributed by atoms with E-state index in [1.54, 1.807) is 31.4 Å². The number of aromatic nitrogens is 1. The third-order valence-corrected chi connectivity index (χ3v) is 5.19. The lowest BCUT2D eigenvalue weighted by atomic mass is 10.1. The quantitative estimate of drug-likeness (QED) is 0.453. The van der Waals surface area contributed by atoms with E-state index in [2.05, 4.69) is 17.2 Å². The van der Waals surface area contributed by atoms with Gasteiger partial charge in [-0.25, -0.2) is 4.98 Å². The van der Waals surface area contributed by atoms with Crippen LogP contribution >= 0.6 is 0 Å². The molecule has 4 rings (SSSR count). The highest BCUT2D eigenvalue weighted by Crippen LogP contribution is 2.29. The van der Waals surface area contributed by atoms with Gasteiger partial charge < -0.3 is 19.2 Å². The molecule has 0 atom stereocenters. The number of nitrogens with one attached hydrogen (secondary N) is 1. The Balaban J connectivity index is 1.49. The summed E-state index contributed by atoms with van der Waals surface area (Å²) in [5.74, 6) is 1.59. The molecule has 6 heteroatoms. The smallest absolute Gasteiger partial charge is 0.262 e. The fourth-order valence-corrected chi connectivity index (χ4v) is 3.20. The molecular weight excluding hydrogens is 392 g/mol. The molecule has 0 unspecified atom stereocenters. The van der Waals surface area contributed by atoms with E-state index in [0.29, 0.717) is 17.3 Å². The SMILES string of the molecule is COc1ccc(OCC(=O)Nc2cc(-c3nc4cc(C)c(C)cc4o3)ccc2C)cc1. The average molecular weight is 416 g/mol. The van der Waals surface area contributed by atoms with Crippen molar-refractivity contribution in [3.8, 4) is 23.0 Å². The van der Waals surface area contributed by atoms with Gasteiger partial charge in [0.1, 0.15) is 17.0 Å². The lowest BCUT2D eigenvalue weighted by molar-refractivity contribution is -0.118. The number of rotatable bonds is 6. The van der Waals surface area contributed by atoms with Gasteiger partial charge in [-0.2, -0.15) is 0 Å². The van der Waals surface area contributed by atoms with Crippen LogP contribution in [0.5, 0.6) is 11.5 Å². The predicted molar refractivity (Wildman–Crippen MR) is 121 cm³/mol. The van der Waals surface area contributed by atoms with Gasteiger partial charge in [-0.3, -0.25) is 4.79 Å². The molecule has 0 aliphatic carbocycles. The summed E-state index contributed by atoms with van der Waals surface area (Å²) in [5, 5.41) is 2.91. The van der Waals surface area contributed by atoms with E-state index in [0.717, 1.165) is 33.5 Å². The van der Waals surface area contributed by atoms with Crippen LogP contribution in [0.15, 0.2) is 59.0 Å². The minimum Gasteiger partial charge on any atom is -0.497 e. The van der Waals surface area contributed by atoms with E-state index in [9.17, 15) is 4.79 Å². The second-order valence-corrected chi connectivity index (χ2v) is 7.47. The normalized spacial score (nSPS) is 10.8. The Labute approximate surface area is 180 Å². The Hall–Kier alpha value is -3.80. The van der Waals surface area contributed by atoms with E-state index in [4.69, 9.17) is 13.9 Å². The van der Waals surface area contributed by atoms with Crippen molar-refractivity contribution in [2.24, 2.45) is 0 Å². The number of carbonyl (C=O) groups is 1. The summed E-state index contributed by atoms with van der Waals surface area (Å²) in [6.45, 7) is 5.93. The Morgan fingerprint density at radius 1 is 0.935 bits per heavy atom. The second kappa shape index (κ2) is 8.52. The Morgan fingerprint density at radius 3 is 2.39 bits per heavy atom. The van der Waals surface area contributed by atoms with E-state index < -0.39 is 0 Å². The molecule has 0 aliphatic heterocycles. The van der Waals surface area contributed by atoms with Gasteiger partial charge in [0.15, 0.2) is 12.2 Å². The zero-order valence-corrected chi connectivity index (χ0v) is 18.0. The van der Waals surface area contributed by atoms with E-state index >= 15 is 0 Å². The van der Waals surface area contributed by atoms with Gasteiger partial charge in [-0.15, -0.1) is 0 Å². The molecule has 0 spiro atoms.